The molecule has 1 saturated carbocycles. The lowest BCUT2D eigenvalue weighted by molar-refractivity contribution is 0.109. The van der Waals surface area contributed by atoms with Crippen LogP contribution in [-0.2, 0) is 26.6 Å². The Morgan fingerprint density at radius 3 is 1.56 bits per heavy atom. The van der Waals surface area contributed by atoms with Gasteiger partial charge in [0.05, 0.1) is 4.66 Å². The van der Waals surface area contributed by atoms with Crippen molar-refractivity contribution in [3.05, 3.63) is 0 Å². The zero-order valence-electron chi connectivity index (χ0n) is 18.8. The Kier molecular flexibility index (Phi) is 11.5. The lowest BCUT2D eigenvalue weighted by atomic mass is 9.98. The van der Waals surface area contributed by atoms with Crippen molar-refractivity contribution in [2.24, 2.45) is 0 Å². The molecule has 0 aromatic carbocycles. The molecule has 162 valence electrons. The summed E-state index contributed by atoms with van der Waals surface area (Å²) in [5.74, 6) is 0. The maximum Gasteiger partial charge on any atom is 0.329 e. The lowest BCUT2D eigenvalue weighted by Gasteiger charge is -2.51. The van der Waals surface area contributed by atoms with Gasteiger partial charge in [-0.05, 0) is 54.4 Å². The van der Waals surface area contributed by atoms with Crippen molar-refractivity contribution in [2.75, 3.05) is 21.3 Å². The minimum atomic E-state index is -2.11. The molecule has 0 N–H and O–H groups in total. The van der Waals surface area contributed by atoms with E-state index in [1.807, 2.05) is 0 Å². The molecule has 6 nitrogen and oxygen atoms in total. The summed E-state index contributed by atoms with van der Waals surface area (Å²) in [5, 5.41) is 0. The molecular formula is C18H42O6Si3. The van der Waals surface area contributed by atoms with E-state index in [0.717, 1.165) is 19.3 Å². The van der Waals surface area contributed by atoms with Gasteiger partial charge in [-0.15, -0.1) is 0 Å². The van der Waals surface area contributed by atoms with Crippen LogP contribution in [0.5, 0.6) is 0 Å². The third-order valence-electron chi connectivity index (χ3n) is 5.13. The summed E-state index contributed by atoms with van der Waals surface area (Å²) in [6, 6.07) is 0. The number of hydrogen-bond acceptors (Lipinski definition) is 6. The highest BCUT2D eigenvalue weighted by Crippen LogP contribution is 2.58. The summed E-state index contributed by atoms with van der Waals surface area (Å²) < 4.78 is 37.2. The van der Waals surface area contributed by atoms with Gasteiger partial charge < -0.3 is 26.6 Å². The highest BCUT2D eigenvalue weighted by atomic mass is 28.4. The Hall–Kier alpha value is 0.411. The van der Waals surface area contributed by atoms with E-state index in [2.05, 4.69) is 41.5 Å². The fraction of sp³-hybridized carbons (Fsp3) is 1.00. The van der Waals surface area contributed by atoms with Crippen molar-refractivity contribution in [1.29, 1.82) is 0 Å². The van der Waals surface area contributed by atoms with Gasteiger partial charge in [-0.25, -0.2) is 0 Å². The first-order chi connectivity index (χ1) is 12.7. The summed E-state index contributed by atoms with van der Waals surface area (Å²) >= 11 is 0. The van der Waals surface area contributed by atoms with Crippen LogP contribution in [0.1, 0.15) is 67.2 Å². The third kappa shape index (κ3) is 6.72. The summed E-state index contributed by atoms with van der Waals surface area (Å²) in [5.41, 5.74) is 0.282. The first-order valence-corrected chi connectivity index (χ1v) is 14.9. The molecule has 0 aliphatic heterocycles. The summed E-state index contributed by atoms with van der Waals surface area (Å²) in [4.78, 5) is 0. The Labute approximate surface area is 171 Å². The molecule has 0 saturated heterocycles. The second kappa shape index (κ2) is 12.2. The van der Waals surface area contributed by atoms with E-state index in [1.165, 1.54) is 6.42 Å². The van der Waals surface area contributed by atoms with E-state index in [9.17, 15) is 0 Å². The monoisotopic (exact) mass is 438 g/mol. The van der Waals surface area contributed by atoms with Crippen molar-refractivity contribution in [3.8, 4) is 0 Å². The maximum absolute atomic E-state index is 6.44. The van der Waals surface area contributed by atoms with Crippen molar-refractivity contribution in [3.63, 3.8) is 0 Å². The van der Waals surface area contributed by atoms with Crippen LogP contribution in [0.25, 0.3) is 0 Å². The van der Waals surface area contributed by atoms with Crippen LogP contribution in [0.4, 0.5) is 0 Å². The zero-order chi connectivity index (χ0) is 20.6. The molecule has 4 unspecified atom stereocenters. The van der Waals surface area contributed by atoms with Gasteiger partial charge in [0.15, 0.2) is 0 Å². The number of rotatable bonds is 12. The molecule has 1 aliphatic rings. The molecule has 1 fully saturated rings. The largest absolute Gasteiger partial charge is 0.400 e. The molecule has 0 aromatic heterocycles. The van der Waals surface area contributed by atoms with Gasteiger partial charge in [0, 0.05) is 45.2 Å². The van der Waals surface area contributed by atoms with Gasteiger partial charge in [0.25, 0.3) is 0 Å². The highest BCUT2D eigenvalue weighted by Gasteiger charge is 2.61. The van der Waals surface area contributed by atoms with Gasteiger partial charge in [-0.1, -0.05) is 12.8 Å². The first-order valence-electron chi connectivity index (χ1n) is 10.3. The number of hydrogen-bond donors (Lipinski definition) is 0. The van der Waals surface area contributed by atoms with Crippen molar-refractivity contribution < 1.29 is 26.6 Å². The molecule has 1 aliphatic carbocycles. The molecule has 27 heavy (non-hydrogen) atoms. The molecule has 0 radical (unpaired) electrons. The van der Waals surface area contributed by atoms with Crippen LogP contribution < -0.4 is 0 Å². The molecule has 0 heterocycles. The van der Waals surface area contributed by atoms with Crippen LogP contribution in [0.3, 0.4) is 0 Å². The van der Waals surface area contributed by atoms with E-state index in [0.29, 0.717) is 0 Å². The Morgan fingerprint density at radius 2 is 1.19 bits per heavy atom. The van der Waals surface area contributed by atoms with E-state index in [1.54, 1.807) is 21.3 Å². The van der Waals surface area contributed by atoms with Crippen LogP contribution in [0.2, 0.25) is 10.2 Å². The minimum absolute atomic E-state index is 0.111. The SMILES string of the molecule is CO[SiH](OC(C)C)C1CCCCC1([SiH](OC)OC(C)C)[SiH](OC)OC(C)C. The summed E-state index contributed by atoms with van der Waals surface area (Å²) in [7, 11) is -0.812. The van der Waals surface area contributed by atoms with E-state index in [-0.39, 0.29) is 28.5 Å². The van der Waals surface area contributed by atoms with Crippen molar-refractivity contribution in [1.82, 2.24) is 0 Å². The molecule has 1 rings (SSSR count). The van der Waals surface area contributed by atoms with Gasteiger partial charge in [-0.2, -0.15) is 0 Å². The normalized spacial score (nSPS) is 27.3. The van der Waals surface area contributed by atoms with E-state index >= 15 is 0 Å². The standard InChI is InChI=1S/C18H42O6Si3/c1-14(2)22-25(19-7)17-12-10-11-13-18(17,26(20-8)23-15(3)4)27(21-9)24-16(5)6/h14-17,25-27H,10-13H2,1-9H3. The first kappa shape index (κ1) is 25.4. The maximum atomic E-state index is 6.44. The summed E-state index contributed by atoms with van der Waals surface area (Å²) in [6.07, 6.45) is 4.77. The predicted octanol–water partition coefficient (Wildman–Crippen LogP) is 3.09. The quantitative estimate of drug-likeness (QED) is 0.437. The van der Waals surface area contributed by atoms with Gasteiger partial charge in [0.2, 0.25) is 0 Å². The second-order valence-electron chi connectivity index (χ2n) is 8.26. The molecule has 9 heteroatoms. The fourth-order valence-electron chi connectivity index (χ4n) is 4.22. The molecule has 0 bridgehead atoms. The van der Waals surface area contributed by atoms with Crippen LogP contribution in [0, 0.1) is 0 Å². The topological polar surface area (TPSA) is 55.4 Å². The Morgan fingerprint density at radius 1 is 0.704 bits per heavy atom. The molecule has 0 spiro atoms. The zero-order valence-corrected chi connectivity index (χ0v) is 22.3. The summed E-state index contributed by atoms with van der Waals surface area (Å²) in [6.45, 7) is 12.5. The van der Waals surface area contributed by atoms with Crippen LogP contribution in [0.15, 0.2) is 0 Å². The van der Waals surface area contributed by atoms with E-state index in [4.69, 9.17) is 26.6 Å². The minimum Gasteiger partial charge on any atom is -0.400 e. The predicted molar refractivity (Wildman–Crippen MR) is 116 cm³/mol. The average molecular weight is 439 g/mol. The third-order valence-corrected chi connectivity index (χ3v) is 16.0. The lowest BCUT2D eigenvalue weighted by Crippen LogP contribution is -2.58. The van der Waals surface area contributed by atoms with Gasteiger partial charge >= 0.3 is 27.9 Å². The molecular weight excluding hydrogens is 396 g/mol. The van der Waals surface area contributed by atoms with E-state index < -0.39 is 27.9 Å². The van der Waals surface area contributed by atoms with Crippen molar-refractivity contribution in [2.45, 2.75) is 95.7 Å². The Balaban J connectivity index is 3.43. The highest BCUT2D eigenvalue weighted by molar-refractivity contribution is 6.74. The van der Waals surface area contributed by atoms with Gasteiger partial charge in [0.1, 0.15) is 0 Å². The molecule has 0 aromatic rings. The smallest absolute Gasteiger partial charge is 0.329 e. The molecule has 4 atom stereocenters. The van der Waals surface area contributed by atoms with Crippen molar-refractivity contribution >= 4 is 27.9 Å². The fourth-order valence-corrected chi connectivity index (χ4v) is 15.1. The second-order valence-corrected chi connectivity index (χ2v) is 16.2. The van der Waals surface area contributed by atoms with Crippen LogP contribution in [-0.4, -0.2) is 67.5 Å². The average Bonchev–Trinajstić information content (AvgIpc) is 2.61. The Bertz CT molecular complexity index is 393. The van der Waals surface area contributed by atoms with Crippen LogP contribution >= 0.6 is 0 Å². The van der Waals surface area contributed by atoms with Gasteiger partial charge in [-0.3, -0.25) is 0 Å². The molecule has 0 amide bonds.